The minimum atomic E-state index is -0.347. The molecule has 2 heteroatoms. The molecule has 1 saturated carbocycles. The molecule has 94 valence electrons. The van der Waals surface area contributed by atoms with Gasteiger partial charge in [0.1, 0.15) is 5.60 Å². The van der Waals surface area contributed by atoms with E-state index >= 15 is 0 Å². The SMILES string of the molecule is CC(C)CC(C)(C)C(=O)OC1(C)CCCC1. The molecule has 0 aromatic rings. The van der Waals surface area contributed by atoms with Gasteiger partial charge in [0.25, 0.3) is 0 Å². The quantitative estimate of drug-likeness (QED) is 0.679. The molecule has 0 aromatic carbocycles. The first-order chi connectivity index (χ1) is 7.25. The summed E-state index contributed by atoms with van der Waals surface area (Å²) in [5.41, 5.74) is -0.537. The summed E-state index contributed by atoms with van der Waals surface area (Å²) in [6, 6.07) is 0. The number of rotatable bonds is 4. The van der Waals surface area contributed by atoms with Crippen molar-refractivity contribution in [1.29, 1.82) is 0 Å². The molecular weight excluding hydrogens is 200 g/mol. The van der Waals surface area contributed by atoms with Gasteiger partial charge in [0, 0.05) is 0 Å². The number of carbonyl (C=O) groups excluding carboxylic acids is 1. The molecule has 0 aliphatic heterocycles. The van der Waals surface area contributed by atoms with E-state index in [9.17, 15) is 4.79 Å². The number of hydrogen-bond acceptors (Lipinski definition) is 2. The van der Waals surface area contributed by atoms with Crippen LogP contribution >= 0.6 is 0 Å². The Bertz CT molecular complexity index is 247. The average Bonchev–Trinajstić information content (AvgIpc) is 2.49. The van der Waals surface area contributed by atoms with E-state index < -0.39 is 0 Å². The fourth-order valence-corrected chi connectivity index (χ4v) is 2.69. The topological polar surface area (TPSA) is 26.3 Å². The fraction of sp³-hybridized carbons (Fsp3) is 0.929. The van der Waals surface area contributed by atoms with Crippen LogP contribution in [0.1, 0.15) is 66.7 Å². The summed E-state index contributed by atoms with van der Waals surface area (Å²) >= 11 is 0. The van der Waals surface area contributed by atoms with Crippen molar-refractivity contribution in [3.8, 4) is 0 Å². The van der Waals surface area contributed by atoms with E-state index in [2.05, 4.69) is 20.8 Å². The maximum atomic E-state index is 12.1. The van der Waals surface area contributed by atoms with Gasteiger partial charge in [-0.25, -0.2) is 0 Å². The van der Waals surface area contributed by atoms with Gasteiger partial charge >= 0.3 is 5.97 Å². The molecule has 1 fully saturated rings. The summed E-state index contributed by atoms with van der Waals surface area (Å²) in [7, 11) is 0. The summed E-state index contributed by atoms with van der Waals surface area (Å²) in [5.74, 6) is 0.504. The highest BCUT2D eigenvalue weighted by Crippen LogP contribution is 2.36. The summed E-state index contributed by atoms with van der Waals surface area (Å²) < 4.78 is 5.73. The third-order valence-corrected chi connectivity index (χ3v) is 3.47. The lowest BCUT2D eigenvalue weighted by Crippen LogP contribution is -2.36. The lowest BCUT2D eigenvalue weighted by Gasteiger charge is -2.31. The van der Waals surface area contributed by atoms with Gasteiger partial charge in [-0.2, -0.15) is 0 Å². The second kappa shape index (κ2) is 4.77. The summed E-state index contributed by atoms with van der Waals surface area (Å²) in [6.07, 6.45) is 5.32. The molecule has 1 rings (SSSR count). The summed E-state index contributed by atoms with van der Waals surface area (Å²) in [5, 5.41) is 0. The van der Waals surface area contributed by atoms with Gasteiger partial charge in [-0.1, -0.05) is 13.8 Å². The van der Waals surface area contributed by atoms with Crippen molar-refractivity contribution in [2.45, 2.75) is 72.3 Å². The molecule has 0 bridgehead atoms. The van der Waals surface area contributed by atoms with Gasteiger partial charge in [-0.3, -0.25) is 4.79 Å². The Morgan fingerprint density at radius 1 is 1.31 bits per heavy atom. The van der Waals surface area contributed by atoms with Gasteiger partial charge in [0.2, 0.25) is 0 Å². The molecule has 0 amide bonds. The van der Waals surface area contributed by atoms with Crippen LogP contribution < -0.4 is 0 Å². The first-order valence-electron chi connectivity index (χ1n) is 6.49. The van der Waals surface area contributed by atoms with Crippen molar-refractivity contribution >= 4 is 5.97 Å². The highest BCUT2D eigenvalue weighted by Gasteiger charge is 2.38. The second-order valence-electron chi connectivity index (χ2n) is 6.53. The largest absolute Gasteiger partial charge is 0.459 e. The van der Waals surface area contributed by atoms with Crippen molar-refractivity contribution in [3.05, 3.63) is 0 Å². The molecule has 1 aliphatic rings. The molecule has 0 heterocycles. The zero-order valence-electron chi connectivity index (χ0n) is 11.4. The number of hydrogen-bond donors (Lipinski definition) is 0. The Morgan fingerprint density at radius 3 is 2.25 bits per heavy atom. The molecule has 0 N–H and O–H groups in total. The predicted molar refractivity (Wildman–Crippen MR) is 66.2 cm³/mol. The van der Waals surface area contributed by atoms with E-state index in [0.717, 1.165) is 19.3 Å². The third kappa shape index (κ3) is 3.50. The molecule has 1 aliphatic carbocycles. The number of carbonyl (C=O) groups is 1. The molecule has 0 atom stereocenters. The summed E-state index contributed by atoms with van der Waals surface area (Å²) in [4.78, 5) is 12.1. The maximum absolute atomic E-state index is 12.1. The van der Waals surface area contributed by atoms with Crippen LogP contribution in [0.15, 0.2) is 0 Å². The Hall–Kier alpha value is -0.530. The Balaban J connectivity index is 2.56. The average molecular weight is 226 g/mol. The second-order valence-corrected chi connectivity index (χ2v) is 6.53. The van der Waals surface area contributed by atoms with Crippen LogP contribution in [0.5, 0.6) is 0 Å². The minimum absolute atomic E-state index is 0.0226. The molecule has 0 saturated heterocycles. The highest BCUT2D eigenvalue weighted by molar-refractivity contribution is 5.76. The van der Waals surface area contributed by atoms with Crippen molar-refractivity contribution in [2.75, 3.05) is 0 Å². The van der Waals surface area contributed by atoms with Crippen LogP contribution in [-0.2, 0) is 9.53 Å². The van der Waals surface area contributed by atoms with Crippen LogP contribution in [0.4, 0.5) is 0 Å². The Labute approximate surface area is 99.8 Å². The van der Waals surface area contributed by atoms with Gasteiger partial charge in [0.05, 0.1) is 5.41 Å². The smallest absolute Gasteiger partial charge is 0.312 e. The van der Waals surface area contributed by atoms with Crippen LogP contribution in [-0.4, -0.2) is 11.6 Å². The number of ether oxygens (including phenoxy) is 1. The van der Waals surface area contributed by atoms with E-state index in [1.807, 2.05) is 13.8 Å². The fourth-order valence-electron chi connectivity index (χ4n) is 2.69. The minimum Gasteiger partial charge on any atom is -0.459 e. The van der Waals surface area contributed by atoms with Crippen molar-refractivity contribution < 1.29 is 9.53 Å². The van der Waals surface area contributed by atoms with E-state index in [4.69, 9.17) is 4.74 Å². The van der Waals surface area contributed by atoms with Crippen LogP contribution in [0.3, 0.4) is 0 Å². The van der Waals surface area contributed by atoms with Crippen molar-refractivity contribution in [3.63, 3.8) is 0 Å². The predicted octanol–water partition coefficient (Wildman–Crippen LogP) is 3.93. The normalized spacial score (nSPS) is 20.1. The van der Waals surface area contributed by atoms with Gasteiger partial charge in [0.15, 0.2) is 0 Å². The zero-order valence-corrected chi connectivity index (χ0v) is 11.4. The molecular formula is C14H26O2. The Kier molecular flexibility index (Phi) is 4.03. The lowest BCUT2D eigenvalue weighted by molar-refractivity contribution is -0.169. The standard InChI is InChI=1S/C14H26O2/c1-11(2)10-13(3,4)12(15)16-14(5)8-6-7-9-14/h11H,6-10H2,1-5H3. The number of esters is 1. The zero-order chi connectivity index (χ0) is 12.4. The molecule has 16 heavy (non-hydrogen) atoms. The summed E-state index contributed by atoms with van der Waals surface area (Å²) in [6.45, 7) is 10.4. The first-order valence-corrected chi connectivity index (χ1v) is 6.49. The molecule has 0 unspecified atom stereocenters. The highest BCUT2D eigenvalue weighted by atomic mass is 16.6. The molecule has 0 radical (unpaired) electrons. The van der Waals surface area contributed by atoms with Gasteiger partial charge in [-0.05, 0) is 58.8 Å². The van der Waals surface area contributed by atoms with Crippen LogP contribution in [0.2, 0.25) is 0 Å². The molecule has 0 aromatic heterocycles. The van der Waals surface area contributed by atoms with E-state index in [0.29, 0.717) is 5.92 Å². The van der Waals surface area contributed by atoms with Crippen LogP contribution in [0, 0.1) is 11.3 Å². The lowest BCUT2D eigenvalue weighted by atomic mass is 9.84. The molecule has 0 spiro atoms. The van der Waals surface area contributed by atoms with Crippen molar-refractivity contribution in [1.82, 2.24) is 0 Å². The van der Waals surface area contributed by atoms with E-state index in [1.54, 1.807) is 0 Å². The van der Waals surface area contributed by atoms with E-state index in [-0.39, 0.29) is 17.0 Å². The monoisotopic (exact) mass is 226 g/mol. The van der Waals surface area contributed by atoms with Crippen molar-refractivity contribution in [2.24, 2.45) is 11.3 Å². The third-order valence-electron chi connectivity index (χ3n) is 3.47. The molecule has 2 nitrogen and oxygen atoms in total. The van der Waals surface area contributed by atoms with Gasteiger partial charge < -0.3 is 4.74 Å². The van der Waals surface area contributed by atoms with Crippen LogP contribution in [0.25, 0.3) is 0 Å². The maximum Gasteiger partial charge on any atom is 0.312 e. The Morgan fingerprint density at radius 2 is 1.81 bits per heavy atom. The van der Waals surface area contributed by atoms with Gasteiger partial charge in [-0.15, -0.1) is 0 Å². The van der Waals surface area contributed by atoms with E-state index in [1.165, 1.54) is 12.8 Å². The first kappa shape index (κ1) is 13.5.